The Kier molecular flexibility index (Phi) is 5.71. The van der Waals surface area contributed by atoms with E-state index in [0.717, 1.165) is 11.3 Å². The van der Waals surface area contributed by atoms with Gasteiger partial charge in [0.05, 0.1) is 12.0 Å². The first kappa shape index (κ1) is 15.8. The number of amides is 1. The van der Waals surface area contributed by atoms with Crippen LogP contribution in [-0.2, 0) is 33.9 Å². The summed E-state index contributed by atoms with van der Waals surface area (Å²) in [6, 6.07) is 9.54. The molecule has 1 heterocycles. The molecule has 1 amide bonds. The maximum absolute atomic E-state index is 11.8. The summed E-state index contributed by atoms with van der Waals surface area (Å²) in [5.74, 6) is -0.376. The predicted octanol–water partition coefficient (Wildman–Crippen LogP) is 1.31. The third-order valence-corrected chi connectivity index (χ3v) is 3.00. The molecule has 0 bridgehead atoms. The summed E-state index contributed by atoms with van der Waals surface area (Å²) >= 11 is 0. The van der Waals surface area contributed by atoms with Crippen molar-refractivity contribution in [3.05, 3.63) is 54.1 Å². The number of imidazole rings is 1. The molecule has 0 radical (unpaired) electrons. The van der Waals surface area contributed by atoms with E-state index in [1.54, 1.807) is 17.1 Å². The van der Waals surface area contributed by atoms with E-state index in [0.29, 0.717) is 13.0 Å². The van der Waals surface area contributed by atoms with E-state index in [-0.39, 0.29) is 25.0 Å². The summed E-state index contributed by atoms with van der Waals surface area (Å²) in [7, 11) is 0. The SMILES string of the molecule is CC(=O)NCCc1cn(CC(=O)OCc2ccccc2)cn1. The molecule has 2 rings (SSSR count). The Morgan fingerprint density at radius 2 is 2.05 bits per heavy atom. The highest BCUT2D eigenvalue weighted by molar-refractivity contribution is 5.72. The molecule has 116 valence electrons. The van der Waals surface area contributed by atoms with Crippen LogP contribution in [0.15, 0.2) is 42.9 Å². The van der Waals surface area contributed by atoms with Crippen molar-refractivity contribution >= 4 is 11.9 Å². The summed E-state index contributed by atoms with van der Waals surface area (Å²) in [4.78, 5) is 26.7. The van der Waals surface area contributed by atoms with Crippen LogP contribution in [0, 0.1) is 0 Å². The second-order valence-corrected chi connectivity index (χ2v) is 4.92. The normalized spacial score (nSPS) is 10.2. The lowest BCUT2D eigenvalue weighted by Gasteiger charge is -2.05. The lowest BCUT2D eigenvalue weighted by molar-refractivity contribution is -0.145. The van der Waals surface area contributed by atoms with E-state index in [1.807, 2.05) is 30.3 Å². The molecule has 6 heteroatoms. The van der Waals surface area contributed by atoms with Gasteiger partial charge in [-0.15, -0.1) is 0 Å². The molecular weight excluding hydrogens is 282 g/mol. The van der Waals surface area contributed by atoms with Crippen molar-refractivity contribution in [2.75, 3.05) is 6.54 Å². The first-order valence-electron chi connectivity index (χ1n) is 7.08. The van der Waals surface area contributed by atoms with Crippen LogP contribution >= 0.6 is 0 Å². The fraction of sp³-hybridized carbons (Fsp3) is 0.312. The number of carbonyl (C=O) groups excluding carboxylic acids is 2. The van der Waals surface area contributed by atoms with Crippen molar-refractivity contribution in [3.63, 3.8) is 0 Å². The van der Waals surface area contributed by atoms with Crippen molar-refractivity contribution in [1.29, 1.82) is 0 Å². The summed E-state index contributed by atoms with van der Waals surface area (Å²) in [5, 5.41) is 2.70. The fourth-order valence-electron chi connectivity index (χ4n) is 1.92. The second kappa shape index (κ2) is 7.97. The lowest BCUT2D eigenvalue weighted by atomic mass is 10.2. The highest BCUT2D eigenvalue weighted by Crippen LogP contribution is 2.02. The minimum atomic E-state index is -0.310. The van der Waals surface area contributed by atoms with Crippen molar-refractivity contribution < 1.29 is 14.3 Å². The van der Waals surface area contributed by atoms with Crippen LogP contribution in [0.4, 0.5) is 0 Å². The van der Waals surface area contributed by atoms with Gasteiger partial charge in [-0.05, 0) is 5.56 Å². The van der Waals surface area contributed by atoms with Gasteiger partial charge >= 0.3 is 5.97 Å². The maximum Gasteiger partial charge on any atom is 0.326 e. The van der Waals surface area contributed by atoms with Gasteiger partial charge in [-0.3, -0.25) is 9.59 Å². The average Bonchev–Trinajstić information content (AvgIpc) is 2.93. The number of aromatic nitrogens is 2. The van der Waals surface area contributed by atoms with E-state index in [1.165, 1.54) is 6.92 Å². The van der Waals surface area contributed by atoms with E-state index < -0.39 is 0 Å². The van der Waals surface area contributed by atoms with Crippen LogP contribution in [0.25, 0.3) is 0 Å². The van der Waals surface area contributed by atoms with Gasteiger partial charge < -0.3 is 14.6 Å². The molecule has 0 fully saturated rings. The summed E-state index contributed by atoms with van der Waals surface area (Å²) in [6.45, 7) is 2.40. The number of benzene rings is 1. The number of esters is 1. The van der Waals surface area contributed by atoms with Crippen molar-refractivity contribution in [3.8, 4) is 0 Å². The Morgan fingerprint density at radius 3 is 2.77 bits per heavy atom. The number of hydrogen-bond donors (Lipinski definition) is 1. The molecule has 2 aromatic rings. The van der Waals surface area contributed by atoms with Crippen LogP contribution in [0.2, 0.25) is 0 Å². The molecule has 0 aliphatic heterocycles. The molecule has 0 atom stereocenters. The molecule has 22 heavy (non-hydrogen) atoms. The van der Waals surface area contributed by atoms with Crippen molar-refractivity contribution in [2.24, 2.45) is 0 Å². The number of nitrogens with one attached hydrogen (secondary N) is 1. The summed E-state index contributed by atoms with van der Waals surface area (Å²) in [6.07, 6.45) is 4.00. The second-order valence-electron chi connectivity index (χ2n) is 4.92. The Bertz CT molecular complexity index is 623. The monoisotopic (exact) mass is 301 g/mol. The average molecular weight is 301 g/mol. The van der Waals surface area contributed by atoms with Gasteiger partial charge in [-0.2, -0.15) is 0 Å². The fourth-order valence-corrected chi connectivity index (χ4v) is 1.92. The molecule has 0 aliphatic carbocycles. The third kappa shape index (κ3) is 5.40. The highest BCUT2D eigenvalue weighted by Gasteiger charge is 2.06. The molecule has 1 aromatic carbocycles. The molecule has 0 aliphatic rings. The highest BCUT2D eigenvalue weighted by atomic mass is 16.5. The van der Waals surface area contributed by atoms with Crippen molar-refractivity contribution in [1.82, 2.24) is 14.9 Å². The standard InChI is InChI=1S/C16H19N3O3/c1-13(20)17-8-7-15-9-19(12-18-15)10-16(21)22-11-14-5-3-2-4-6-14/h2-6,9,12H,7-8,10-11H2,1H3,(H,17,20). The number of nitrogens with zero attached hydrogens (tertiary/aromatic N) is 2. The van der Waals surface area contributed by atoms with Crippen LogP contribution < -0.4 is 5.32 Å². The van der Waals surface area contributed by atoms with Crippen LogP contribution in [0.3, 0.4) is 0 Å². The van der Waals surface area contributed by atoms with Gasteiger partial charge in [-0.25, -0.2) is 4.98 Å². The number of hydrogen-bond acceptors (Lipinski definition) is 4. The van der Waals surface area contributed by atoms with Crippen LogP contribution in [0.5, 0.6) is 0 Å². The van der Waals surface area contributed by atoms with E-state index in [2.05, 4.69) is 10.3 Å². The maximum atomic E-state index is 11.8. The van der Waals surface area contributed by atoms with E-state index in [9.17, 15) is 9.59 Å². The van der Waals surface area contributed by atoms with Crippen LogP contribution in [0.1, 0.15) is 18.2 Å². The lowest BCUT2D eigenvalue weighted by Crippen LogP contribution is -2.22. The number of ether oxygens (including phenoxy) is 1. The minimum Gasteiger partial charge on any atom is -0.459 e. The molecule has 0 saturated carbocycles. The zero-order valence-electron chi connectivity index (χ0n) is 12.5. The molecule has 6 nitrogen and oxygen atoms in total. The molecule has 0 saturated heterocycles. The quantitative estimate of drug-likeness (QED) is 0.783. The Balaban J connectivity index is 1.75. The smallest absolute Gasteiger partial charge is 0.326 e. The first-order valence-corrected chi connectivity index (χ1v) is 7.08. The van der Waals surface area contributed by atoms with Gasteiger partial charge in [-0.1, -0.05) is 30.3 Å². The Labute approximate surface area is 129 Å². The third-order valence-electron chi connectivity index (χ3n) is 3.00. The number of rotatable bonds is 7. The van der Waals surface area contributed by atoms with Gasteiger partial charge in [0.2, 0.25) is 5.91 Å². The summed E-state index contributed by atoms with van der Waals surface area (Å²) in [5.41, 5.74) is 1.78. The van der Waals surface area contributed by atoms with E-state index >= 15 is 0 Å². The zero-order valence-corrected chi connectivity index (χ0v) is 12.5. The van der Waals surface area contributed by atoms with Gasteiger partial charge in [0.25, 0.3) is 0 Å². The minimum absolute atomic E-state index is 0.0658. The number of carbonyl (C=O) groups is 2. The largest absolute Gasteiger partial charge is 0.459 e. The topological polar surface area (TPSA) is 73.2 Å². The Hall–Kier alpha value is -2.63. The molecular formula is C16H19N3O3. The predicted molar refractivity (Wildman–Crippen MR) is 80.9 cm³/mol. The Morgan fingerprint density at radius 1 is 1.27 bits per heavy atom. The van der Waals surface area contributed by atoms with Crippen LogP contribution in [-0.4, -0.2) is 28.0 Å². The molecule has 0 spiro atoms. The van der Waals surface area contributed by atoms with Gasteiger partial charge in [0, 0.05) is 26.1 Å². The summed E-state index contributed by atoms with van der Waals surface area (Å²) < 4.78 is 6.89. The molecule has 0 unspecified atom stereocenters. The van der Waals surface area contributed by atoms with Gasteiger partial charge in [0.15, 0.2) is 0 Å². The first-order chi connectivity index (χ1) is 10.6. The van der Waals surface area contributed by atoms with Gasteiger partial charge in [0.1, 0.15) is 13.2 Å². The zero-order chi connectivity index (χ0) is 15.8. The molecule has 1 aromatic heterocycles. The van der Waals surface area contributed by atoms with Crippen molar-refractivity contribution in [2.45, 2.75) is 26.5 Å². The van der Waals surface area contributed by atoms with E-state index in [4.69, 9.17) is 4.74 Å². The molecule has 1 N–H and O–H groups in total.